The SMILES string of the molecule is COC(C1OC(=O)O[C@@H]1Oc1cccc2ccc(=O)oc12)C(C)(C)OC. The van der Waals surface area contributed by atoms with Crippen LogP contribution >= 0.6 is 0 Å². The molecule has 0 bridgehead atoms. The van der Waals surface area contributed by atoms with Gasteiger partial charge < -0.3 is 28.1 Å². The molecule has 0 spiro atoms. The predicted molar refractivity (Wildman–Crippen MR) is 90.1 cm³/mol. The Hall–Kier alpha value is -2.58. The van der Waals surface area contributed by atoms with Crippen LogP contribution in [0.3, 0.4) is 0 Å². The van der Waals surface area contributed by atoms with Crippen LogP contribution in [-0.4, -0.2) is 44.5 Å². The summed E-state index contributed by atoms with van der Waals surface area (Å²) in [5.74, 6) is 0.249. The maximum atomic E-state index is 11.7. The highest BCUT2D eigenvalue weighted by molar-refractivity contribution is 5.82. The molecule has 1 fully saturated rings. The molecule has 1 aromatic heterocycles. The Morgan fingerprint density at radius 1 is 1.08 bits per heavy atom. The van der Waals surface area contributed by atoms with E-state index in [-0.39, 0.29) is 11.3 Å². The summed E-state index contributed by atoms with van der Waals surface area (Å²) in [6.45, 7) is 3.59. The summed E-state index contributed by atoms with van der Waals surface area (Å²) in [5, 5.41) is 0.671. The van der Waals surface area contributed by atoms with Crippen molar-refractivity contribution in [2.75, 3.05) is 14.2 Å². The van der Waals surface area contributed by atoms with E-state index in [1.807, 2.05) is 0 Å². The van der Waals surface area contributed by atoms with Crippen molar-refractivity contribution in [2.45, 2.75) is 37.9 Å². The Balaban J connectivity index is 1.94. The summed E-state index contributed by atoms with van der Waals surface area (Å²) in [6, 6.07) is 8.05. The van der Waals surface area contributed by atoms with Gasteiger partial charge in [-0.3, -0.25) is 0 Å². The predicted octanol–water partition coefficient (Wildman–Crippen LogP) is 2.47. The number of methoxy groups -OCH3 is 2. The molecule has 1 aromatic carbocycles. The van der Waals surface area contributed by atoms with Crippen LogP contribution in [-0.2, 0) is 18.9 Å². The van der Waals surface area contributed by atoms with Crippen molar-refractivity contribution in [1.82, 2.24) is 0 Å². The summed E-state index contributed by atoms with van der Waals surface area (Å²) in [4.78, 5) is 23.3. The van der Waals surface area contributed by atoms with Crippen LogP contribution < -0.4 is 10.4 Å². The second-order valence-corrected chi connectivity index (χ2v) is 6.33. The summed E-state index contributed by atoms with van der Waals surface area (Å²) in [6.07, 6.45) is -3.52. The van der Waals surface area contributed by atoms with Crippen LogP contribution in [0.5, 0.6) is 5.75 Å². The van der Waals surface area contributed by atoms with Gasteiger partial charge in [0.15, 0.2) is 11.3 Å². The van der Waals surface area contributed by atoms with Gasteiger partial charge in [-0.15, -0.1) is 0 Å². The maximum absolute atomic E-state index is 11.7. The molecule has 0 N–H and O–H groups in total. The molecule has 0 aliphatic carbocycles. The number of rotatable bonds is 6. The number of hydrogen-bond acceptors (Lipinski definition) is 8. The van der Waals surface area contributed by atoms with Crippen molar-refractivity contribution < 1.29 is 32.9 Å². The van der Waals surface area contributed by atoms with Crippen molar-refractivity contribution in [3.8, 4) is 5.75 Å². The zero-order valence-electron chi connectivity index (χ0n) is 14.9. The van der Waals surface area contributed by atoms with Crippen molar-refractivity contribution in [1.29, 1.82) is 0 Å². The number of carbonyl (C=O) groups excluding carboxylic acids is 1. The van der Waals surface area contributed by atoms with E-state index < -0.39 is 35.9 Å². The van der Waals surface area contributed by atoms with Gasteiger partial charge in [-0.25, -0.2) is 9.59 Å². The molecule has 0 saturated carbocycles. The second-order valence-electron chi connectivity index (χ2n) is 6.33. The minimum Gasteiger partial charge on any atom is -0.447 e. The third-order valence-electron chi connectivity index (χ3n) is 4.33. The second kappa shape index (κ2) is 6.97. The fourth-order valence-electron chi connectivity index (χ4n) is 2.87. The van der Waals surface area contributed by atoms with E-state index in [4.69, 9.17) is 28.1 Å². The summed E-state index contributed by atoms with van der Waals surface area (Å²) < 4.78 is 32.3. The van der Waals surface area contributed by atoms with E-state index >= 15 is 0 Å². The fraction of sp³-hybridized carbons (Fsp3) is 0.444. The molecule has 3 rings (SSSR count). The number of benzene rings is 1. The van der Waals surface area contributed by atoms with Gasteiger partial charge in [-0.05, 0) is 26.0 Å². The monoisotopic (exact) mass is 364 g/mol. The number of hydrogen-bond donors (Lipinski definition) is 0. The molecular weight excluding hydrogens is 344 g/mol. The summed E-state index contributed by atoms with van der Waals surface area (Å²) in [7, 11) is 3.00. The number of ether oxygens (including phenoxy) is 5. The Morgan fingerprint density at radius 3 is 2.54 bits per heavy atom. The van der Waals surface area contributed by atoms with Crippen molar-refractivity contribution in [3.05, 3.63) is 40.8 Å². The van der Waals surface area contributed by atoms with Crippen molar-refractivity contribution in [3.63, 3.8) is 0 Å². The molecule has 1 aliphatic heterocycles. The van der Waals surface area contributed by atoms with E-state index in [2.05, 4.69) is 0 Å². The van der Waals surface area contributed by atoms with Crippen LogP contribution in [0.25, 0.3) is 11.0 Å². The minimum atomic E-state index is -1.10. The van der Waals surface area contributed by atoms with Gasteiger partial charge in [-0.1, -0.05) is 12.1 Å². The van der Waals surface area contributed by atoms with Gasteiger partial charge in [-0.2, -0.15) is 0 Å². The standard InChI is InChI=1S/C18H20O8/c1-18(2,22-4)15(21-3)14-16(26-17(20)25-14)23-11-7-5-6-10-8-9-12(19)24-13(10)11/h5-9,14-16H,1-4H3/t14?,15?,16-/m0/s1. The smallest absolute Gasteiger partial charge is 0.447 e. The van der Waals surface area contributed by atoms with Crippen LogP contribution in [0.1, 0.15) is 13.8 Å². The van der Waals surface area contributed by atoms with E-state index in [0.717, 1.165) is 0 Å². The third-order valence-corrected chi connectivity index (χ3v) is 4.33. The molecule has 8 heteroatoms. The number of para-hydroxylation sites is 1. The van der Waals surface area contributed by atoms with Crippen molar-refractivity contribution >= 4 is 17.1 Å². The van der Waals surface area contributed by atoms with E-state index in [0.29, 0.717) is 5.39 Å². The molecule has 26 heavy (non-hydrogen) atoms. The van der Waals surface area contributed by atoms with Crippen molar-refractivity contribution in [2.24, 2.45) is 0 Å². The first-order chi connectivity index (χ1) is 12.4. The maximum Gasteiger partial charge on any atom is 0.512 e. The lowest BCUT2D eigenvalue weighted by molar-refractivity contribution is -0.161. The first kappa shape index (κ1) is 18.2. The zero-order valence-corrected chi connectivity index (χ0v) is 14.9. The molecule has 1 aliphatic rings. The Labute approximate surface area is 149 Å². The molecule has 8 nitrogen and oxygen atoms in total. The summed E-state index contributed by atoms with van der Waals surface area (Å²) in [5.41, 5.74) is -1.04. The van der Waals surface area contributed by atoms with Gasteiger partial charge in [0.1, 0.15) is 6.10 Å². The third kappa shape index (κ3) is 3.38. The Morgan fingerprint density at radius 2 is 1.85 bits per heavy atom. The lowest BCUT2D eigenvalue weighted by atomic mass is 9.96. The van der Waals surface area contributed by atoms with Gasteiger partial charge in [0.25, 0.3) is 6.29 Å². The normalized spacial score (nSPS) is 21.3. The van der Waals surface area contributed by atoms with Gasteiger partial charge >= 0.3 is 11.8 Å². The molecule has 2 aromatic rings. The molecule has 3 atom stereocenters. The minimum absolute atomic E-state index is 0.249. The van der Waals surface area contributed by atoms with Gasteiger partial charge in [0, 0.05) is 25.7 Å². The van der Waals surface area contributed by atoms with E-state index in [9.17, 15) is 9.59 Å². The first-order valence-corrected chi connectivity index (χ1v) is 8.00. The van der Waals surface area contributed by atoms with Crippen LogP contribution in [0.4, 0.5) is 4.79 Å². The Bertz CT molecular complexity index is 856. The quantitative estimate of drug-likeness (QED) is 0.570. The average Bonchev–Trinajstić information content (AvgIpc) is 2.96. The highest BCUT2D eigenvalue weighted by Gasteiger charge is 2.50. The molecular formula is C18H20O8. The van der Waals surface area contributed by atoms with Gasteiger partial charge in [0.2, 0.25) is 6.10 Å². The van der Waals surface area contributed by atoms with E-state index in [1.165, 1.54) is 20.3 Å². The molecule has 140 valence electrons. The lowest BCUT2D eigenvalue weighted by Gasteiger charge is -2.35. The molecule has 0 amide bonds. The fourth-order valence-corrected chi connectivity index (χ4v) is 2.87. The lowest BCUT2D eigenvalue weighted by Crippen LogP contribution is -2.52. The summed E-state index contributed by atoms with van der Waals surface area (Å²) >= 11 is 0. The molecule has 0 radical (unpaired) electrons. The van der Waals surface area contributed by atoms with E-state index in [1.54, 1.807) is 38.1 Å². The zero-order chi connectivity index (χ0) is 18.9. The average molecular weight is 364 g/mol. The van der Waals surface area contributed by atoms with Crippen LogP contribution in [0.15, 0.2) is 39.5 Å². The molecule has 2 heterocycles. The highest BCUT2D eigenvalue weighted by atomic mass is 16.8. The van der Waals surface area contributed by atoms with Gasteiger partial charge in [0.05, 0.1) is 5.60 Å². The molecule has 2 unspecified atom stereocenters. The van der Waals surface area contributed by atoms with Crippen LogP contribution in [0.2, 0.25) is 0 Å². The first-order valence-electron chi connectivity index (χ1n) is 8.00. The number of fused-ring (bicyclic) bond motifs is 1. The number of cyclic esters (lactones) is 2. The Kier molecular flexibility index (Phi) is 4.88. The number of carbonyl (C=O) groups is 1. The molecule has 1 saturated heterocycles. The largest absolute Gasteiger partial charge is 0.512 e. The highest BCUT2D eigenvalue weighted by Crippen LogP contribution is 2.32. The topological polar surface area (TPSA) is 93.4 Å². The van der Waals surface area contributed by atoms with Crippen LogP contribution in [0, 0.1) is 0 Å².